The standard InChI is InChI=1S/C15H11BrClFO2/c1-8-5-14(20-2)11(7-12(8)16)15(19)10-4-3-9(17)6-13(10)18/h3-7H,1-2H3. The molecule has 0 aromatic heterocycles. The van der Waals surface area contributed by atoms with E-state index in [4.69, 9.17) is 16.3 Å². The third kappa shape index (κ3) is 2.86. The van der Waals surface area contributed by atoms with Gasteiger partial charge in [-0.2, -0.15) is 0 Å². The van der Waals surface area contributed by atoms with Gasteiger partial charge in [-0.05, 0) is 42.8 Å². The van der Waals surface area contributed by atoms with Gasteiger partial charge in [-0.1, -0.05) is 27.5 Å². The van der Waals surface area contributed by atoms with Crippen molar-refractivity contribution in [2.45, 2.75) is 6.92 Å². The van der Waals surface area contributed by atoms with Crippen LogP contribution in [0.25, 0.3) is 0 Å². The Hall–Kier alpha value is -1.39. The van der Waals surface area contributed by atoms with Crippen LogP contribution in [0.3, 0.4) is 0 Å². The first-order valence-electron chi connectivity index (χ1n) is 5.78. The number of hydrogen-bond acceptors (Lipinski definition) is 2. The van der Waals surface area contributed by atoms with E-state index in [1.165, 1.54) is 19.2 Å². The van der Waals surface area contributed by atoms with Gasteiger partial charge in [0.2, 0.25) is 0 Å². The minimum atomic E-state index is -0.652. The molecule has 0 saturated carbocycles. The van der Waals surface area contributed by atoms with Crippen LogP contribution >= 0.6 is 27.5 Å². The first-order chi connectivity index (χ1) is 9.43. The van der Waals surface area contributed by atoms with E-state index < -0.39 is 11.6 Å². The molecule has 2 aromatic carbocycles. The molecule has 0 atom stereocenters. The van der Waals surface area contributed by atoms with Gasteiger partial charge in [0.25, 0.3) is 0 Å². The van der Waals surface area contributed by atoms with E-state index in [2.05, 4.69) is 15.9 Å². The molecule has 0 unspecified atom stereocenters. The Labute approximate surface area is 129 Å². The van der Waals surface area contributed by atoms with Gasteiger partial charge in [0.1, 0.15) is 11.6 Å². The minimum absolute atomic E-state index is 0.0385. The van der Waals surface area contributed by atoms with Gasteiger partial charge < -0.3 is 4.74 Å². The van der Waals surface area contributed by atoms with Gasteiger partial charge in [0.05, 0.1) is 18.2 Å². The number of methoxy groups -OCH3 is 1. The Morgan fingerprint density at radius 1 is 1.25 bits per heavy atom. The van der Waals surface area contributed by atoms with Gasteiger partial charge in [0, 0.05) is 9.50 Å². The molecule has 0 aliphatic heterocycles. The highest BCUT2D eigenvalue weighted by Crippen LogP contribution is 2.29. The van der Waals surface area contributed by atoms with E-state index in [1.54, 1.807) is 12.1 Å². The molecule has 0 bridgehead atoms. The second-order valence-electron chi connectivity index (χ2n) is 4.25. The average molecular weight is 358 g/mol. The van der Waals surface area contributed by atoms with Crippen molar-refractivity contribution in [3.8, 4) is 5.75 Å². The lowest BCUT2D eigenvalue weighted by Crippen LogP contribution is -2.07. The van der Waals surface area contributed by atoms with Crippen molar-refractivity contribution in [2.75, 3.05) is 7.11 Å². The zero-order valence-electron chi connectivity index (χ0n) is 10.8. The number of carbonyl (C=O) groups excluding carboxylic acids is 1. The van der Waals surface area contributed by atoms with Crippen LogP contribution in [-0.4, -0.2) is 12.9 Å². The third-order valence-corrected chi connectivity index (χ3v) is 3.99. The average Bonchev–Trinajstić information content (AvgIpc) is 2.40. The lowest BCUT2D eigenvalue weighted by Gasteiger charge is -2.11. The summed E-state index contributed by atoms with van der Waals surface area (Å²) in [7, 11) is 1.47. The Bertz CT molecular complexity index is 686. The largest absolute Gasteiger partial charge is 0.496 e. The van der Waals surface area contributed by atoms with Crippen LogP contribution in [0, 0.1) is 12.7 Å². The molecule has 0 fully saturated rings. The van der Waals surface area contributed by atoms with Crippen molar-refractivity contribution in [3.63, 3.8) is 0 Å². The van der Waals surface area contributed by atoms with Gasteiger partial charge >= 0.3 is 0 Å². The molecule has 104 valence electrons. The fraction of sp³-hybridized carbons (Fsp3) is 0.133. The number of halogens is 3. The normalized spacial score (nSPS) is 10.4. The molecule has 5 heteroatoms. The maximum absolute atomic E-state index is 13.8. The highest BCUT2D eigenvalue weighted by atomic mass is 79.9. The predicted molar refractivity (Wildman–Crippen MR) is 80.3 cm³/mol. The lowest BCUT2D eigenvalue weighted by atomic mass is 10.0. The second-order valence-corrected chi connectivity index (χ2v) is 5.55. The fourth-order valence-corrected chi connectivity index (χ4v) is 2.32. The number of rotatable bonds is 3. The Morgan fingerprint density at radius 3 is 2.55 bits per heavy atom. The molecule has 20 heavy (non-hydrogen) atoms. The van der Waals surface area contributed by atoms with E-state index in [9.17, 15) is 9.18 Å². The molecular weight excluding hydrogens is 347 g/mol. The third-order valence-electron chi connectivity index (χ3n) is 2.90. The van der Waals surface area contributed by atoms with Crippen LogP contribution < -0.4 is 4.74 Å². The van der Waals surface area contributed by atoms with Gasteiger partial charge in [-0.15, -0.1) is 0 Å². The monoisotopic (exact) mass is 356 g/mol. The van der Waals surface area contributed by atoms with E-state index >= 15 is 0 Å². The number of aryl methyl sites for hydroxylation is 1. The van der Waals surface area contributed by atoms with Crippen molar-refractivity contribution in [2.24, 2.45) is 0 Å². The molecule has 0 N–H and O–H groups in total. The zero-order chi connectivity index (χ0) is 14.9. The van der Waals surface area contributed by atoms with Crippen molar-refractivity contribution >= 4 is 33.3 Å². The SMILES string of the molecule is COc1cc(C)c(Br)cc1C(=O)c1ccc(Cl)cc1F. The maximum atomic E-state index is 13.8. The molecule has 0 amide bonds. The van der Waals surface area contributed by atoms with Crippen molar-refractivity contribution in [1.29, 1.82) is 0 Å². The van der Waals surface area contributed by atoms with E-state index in [0.717, 1.165) is 16.1 Å². The zero-order valence-corrected chi connectivity index (χ0v) is 13.2. The quantitative estimate of drug-likeness (QED) is 0.738. The molecule has 0 aliphatic rings. The van der Waals surface area contributed by atoms with Gasteiger partial charge in [-0.3, -0.25) is 4.79 Å². The van der Waals surface area contributed by atoms with Crippen LogP contribution in [-0.2, 0) is 0 Å². The predicted octanol–water partition coefficient (Wildman–Crippen LogP) is 4.79. The summed E-state index contributed by atoms with van der Waals surface area (Å²) < 4.78 is 19.8. The van der Waals surface area contributed by atoms with E-state index in [0.29, 0.717) is 11.3 Å². The smallest absolute Gasteiger partial charge is 0.199 e. The van der Waals surface area contributed by atoms with Crippen molar-refractivity contribution in [1.82, 2.24) is 0 Å². The van der Waals surface area contributed by atoms with Crippen LogP contribution in [0.2, 0.25) is 5.02 Å². The summed E-state index contributed by atoms with van der Waals surface area (Å²) in [5.74, 6) is -0.692. The first-order valence-corrected chi connectivity index (χ1v) is 6.95. The summed E-state index contributed by atoms with van der Waals surface area (Å²) in [4.78, 5) is 12.4. The molecule has 2 nitrogen and oxygen atoms in total. The van der Waals surface area contributed by atoms with E-state index in [-0.39, 0.29) is 10.6 Å². The number of carbonyl (C=O) groups is 1. The van der Waals surface area contributed by atoms with Crippen LogP contribution in [0.4, 0.5) is 4.39 Å². The van der Waals surface area contributed by atoms with Crippen molar-refractivity contribution < 1.29 is 13.9 Å². The summed E-state index contributed by atoms with van der Waals surface area (Å²) in [6, 6.07) is 7.32. The summed E-state index contributed by atoms with van der Waals surface area (Å²) in [6.07, 6.45) is 0. The van der Waals surface area contributed by atoms with Crippen LogP contribution in [0.1, 0.15) is 21.5 Å². The van der Waals surface area contributed by atoms with E-state index in [1.807, 2.05) is 6.92 Å². The minimum Gasteiger partial charge on any atom is -0.496 e. The number of hydrogen-bond donors (Lipinski definition) is 0. The Balaban J connectivity index is 2.55. The molecule has 0 aliphatic carbocycles. The van der Waals surface area contributed by atoms with Crippen LogP contribution in [0.5, 0.6) is 5.75 Å². The molecule has 0 heterocycles. The molecule has 0 radical (unpaired) electrons. The van der Waals surface area contributed by atoms with Crippen molar-refractivity contribution in [3.05, 3.63) is 62.3 Å². The molecule has 2 rings (SSSR count). The van der Waals surface area contributed by atoms with Crippen LogP contribution in [0.15, 0.2) is 34.8 Å². The highest BCUT2D eigenvalue weighted by Gasteiger charge is 2.19. The van der Waals surface area contributed by atoms with Gasteiger partial charge in [-0.25, -0.2) is 4.39 Å². The summed E-state index contributed by atoms with van der Waals surface area (Å²) in [5, 5.41) is 0.246. The summed E-state index contributed by atoms with van der Waals surface area (Å²) in [6.45, 7) is 1.88. The van der Waals surface area contributed by atoms with Gasteiger partial charge in [0.15, 0.2) is 5.78 Å². The molecule has 0 saturated heterocycles. The topological polar surface area (TPSA) is 26.3 Å². The Kier molecular flexibility index (Phi) is 4.45. The Morgan fingerprint density at radius 2 is 1.95 bits per heavy atom. The lowest BCUT2D eigenvalue weighted by molar-refractivity contribution is 0.103. The first kappa shape index (κ1) is 15.0. The summed E-state index contributed by atoms with van der Waals surface area (Å²) in [5.41, 5.74) is 1.18. The molecule has 2 aromatic rings. The number of benzene rings is 2. The second kappa shape index (κ2) is 5.94. The number of ketones is 1. The highest BCUT2D eigenvalue weighted by molar-refractivity contribution is 9.10. The maximum Gasteiger partial charge on any atom is 0.199 e. The summed E-state index contributed by atoms with van der Waals surface area (Å²) >= 11 is 9.05. The number of ether oxygens (including phenoxy) is 1. The molecular formula is C15H11BrClFO2. The molecule has 0 spiro atoms. The fourth-order valence-electron chi connectivity index (χ4n) is 1.82.